The number of fused-ring (bicyclic) bond motifs is 1. The molecule has 0 saturated carbocycles. The number of carbonyl (C=O) groups excluding carboxylic acids is 1. The van der Waals surface area contributed by atoms with Crippen LogP contribution in [-0.2, 0) is 4.79 Å². The topological polar surface area (TPSA) is 53.5 Å². The molecule has 1 amide bonds. The van der Waals surface area contributed by atoms with Crippen LogP contribution in [0.4, 0.5) is 5.69 Å². The van der Waals surface area contributed by atoms with Crippen LogP contribution >= 0.6 is 11.6 Å². The zero-order valence-electron chi connectivity index (χ0n) is 13.6. The molecule has 5 heteroatoms. The van der Waals surface area contributed by atoms with Crippen LogP contribution in [0, 0.1) is 0 Å². The van der Waals surface area contributed by atoms with Gasteiger partial charge in [-0.1, -0.05) is 55.3 Å². The second kappa shape index (κ2) is 7.60. The van der Waals surface area contributed by atoms with Crippen LogP contribution in [-0.4, -0.2) is 24.3 Å². The number of unbranched alkanes of at least 4 members (excludes halogenated alkanes) is 1. The molecular formula is C19H20ClN3O. The summed E-state index contributed by atoms with van der Waals surface area (Å²) in [5, 5.41) is 6.80. The zero-order chi connectivity index (χ0) is 16.9. The van der Waals surface area contributed by atoms with Crippen LogP contribution < -0.4 is 10.6 Å². The van der Waals surface area contributed by atoms with E-state index in [0.717, 1.165) is 41.9 Å². The number of nitrogens with zero attached hydrogens (tertiary/aromatic N) is 1. The van der Waals surface area contributed by atoms with Crippen molar-refractivity contribution in [1.82, 2.24) is 5.32 Å². The van der Waals surface area contributed by atoms with Crippen LogP contribution in [0.1, 0.15) is 30.9 Å². The van der Waals surface area contributed by atoms with Gasteiger partial charge in [-0.25, -0.2) is 0 Å². The van der Waals surface area contributed by atoms with Crippen molar-refractivity contribution in [2.45, 2.75) is 25.9 Å². The van der Waals surface area contributed by atoms with Crippen molar-refractivity contribution < 1.29 is 4.79 Å². The summed E-state index contributed by atoms with van der Waals surface area (Å²) in [7, 11) is 0. The number of benzene rings is 2. The van der Waals surface area contributed by atoms with E-state index in [0.29, 0.717) is 5.02 Å². The molecule has 1 heterocycles. The van der Waals surface area contributed by atoms with Crippen LogP contribution in [0.3, 0.4) is 0 Å². The molecule has 0 bridgehead atoms. The Morgan fingerprint density at radius 1 is 1.21 bits per heavy atom. The third kappa shape index (κ3) is 3.66. The number of hydrogen-bond acceptors (Lipinski definition) is 3. The summed E-state index contributed by atoms with van der Waals surface area (Å²) in [4.78, 5) is 17.2. The predicted molar refractivity (Wildman–Crippen MR) is 98.9 cm³/mol. The summed E-state index contributed by atoms with van der Waals surface area (Å²) in [6.07, 6.45) is 1.45. The molecule has 2 aromatic rings. The first-order valence-electron chi connectivity index (χ1n) is 8.16. The van der Waals surface area contributed by atoms with Crippen molar-refractivity contribution >= 4 is 28.9 Å². The summed E-state index contributed by atoms with van der Waals surface area (Å²) in [6.45, 7) is 2.86. The first-order valence-corrected chi connectivity index (χ1v) is 8.54. The summed E-state index contributed by atoms with van der Waals surface area (Å²) < 4.78 is 0. The molecule has 3 rings (SSSR count). The Morgan fingerprint density at radius 3 is 2.75 bits per heavy atom. The fourth-order valence-corrected chi connectivity index (χ4v) is 2.83. The molecule has 0 saturated heterocycles. The van der Waals surface area contributed by atoms with E-state index in [1.807, 2.05) is 42.5 Å². The molecule has 4 nitrogen and oxygen atoms in total. The van der Waals surface area contributed by atoms with Gasteiger partial charge in [0.05, 0.1) is 11.4 Å². The van der Waals surface area contributed by atoms with E-state index < -0.39 is 6.17 Å². The van der Waals surface area contributed by atoms with Gasteiger partial charge in [-0.15, -0.1) is 0 Å². The molecule has 1 atom stereocenters. The molecule has 0 spiro atoms. The van der Waals surface area contributed by atoms with E-state index in [2.05, 4.69) is 17.6 Å². The van der Waals surface area contributed by atoms with Crippen LogP contribution in [0.15, 0.2) is 53.5 Å². The maximum absolute atomic E-state index is 12.5. The molecule has 0 radical (unpaired) electrons. The number of benzodiazepines with no additional fused rings is 1. The van der Waals surface area contributed by atoms with Crippen molar-refractivity contribution in [1.29, 1.82) is 0 Å². The number of carbonyl (C=O) groups is 1. The maximum atomic E-state index is 12.5. The van der Waals surface area contributed by atoms with Gasteiger partial charge in [-0.3, -0.25) is 15.1 Å². The molecule has 1 aliphatic rings. The molecular weight excluding hydrogens is 322 g/mol. The highest BCUT2D eigenvalue weighted by Crippen LogP contribution is 2.26. The Bertz CT molecular complexity index is 758. The molecule has 1 aliphatic heterocycles. The number of nitrogens with one attached hydrogen (secondary N) is 2. The monoisotopic (exact) mass is 341 g/mol. The van der Waals surface area contributed by atoms with Crippen molar-refractivity contribution in [3.8, 4) is 0 Å². The summed E-state index contributed by atoms with van der Waals surface area (Å²) in [6, 6.07) is 15.3. The molecule has 2 N–H and O–H groups in total. The number of halogens is 1. The maximum Gasteiger partial charge on any atom is 0.263 e. The summed E-state index contributed by atoms with van der Waals surface area (Å²) in [5.74, 6) is -0.152. The molecule has 1 unspecified atom stereocenters. The highest BCUT2D eigenvalue weighted by molar-refractivity contribution is 6.32. The van der Waals surface area contributed by atoms with E-state index >= 15 is 0 Å². The number of hydrogen-bond donors (Lipinski definition) is 2. The Hall–Kier alpha value is -2.17. The minimum absolute atomic E-state index is 0.152. The second-order valence-corrected chi connectivity index (χ2v) is 6.17. The fourth-order valence-electron chi connectivity index (χ4n) is 2.66. The molecule has 24 heavy (non-hydrogen) atoms. The van der Waals surface area contributed by atoms with Gasteiger partial charge < -0.3 is 5.32 Å². The lowest BCUT2D eigenvalue weighted by atomic mass is 10.0. The minimum Gasteiger partial charge on any atom is -0.322 e. The zero-order valence-corrected chi connectivity index (χ0v) is 14.3. The number of rotatable bonds is 5. The SMILES string of the molecule is CCCCNC1N=C(c2ccccc2)c2cc(Cl)ccc2NC1=O. The Morgan fingerprint density at radius 2 is 2.00 bits per heavy atom. The normalized spacial score (nSPS) is 16.8. The first-order chi connectivity index (χ1) is 11.7. The largest absolute Gasteiger partial charge is 0.322 e. The summed E-state index contributed by atoms with van der Waals surface area (Å²) in [5.41, 5.74) is 3.29. The van der Waals surface area contributed by atoms with Gasteiger partial charge in [-0.05, 0) is 31.2 Å². The smallest absolute Gasteiger partial charge is 0.263 e. The Kier molecular flexibility index (Phi) is 5.28. The molecule has 0 aromatic heterocycles. The van der Waals surface area contributed by atoms with Gasteiger partial charge in [0.15, 0.2) is 6.17 Å². The van der Waals surface area contributed by atoms with Crippen molar-refractivity contribution in [2.24, 2.45) is 4.99 Å². The second-order valence-electron chi connectivity index (χ2n) is 5.73. The molecule has 124 valence electrons. The lowest BCUT2D eigenvalue weighted by Crippen LogP contribution is -2.39. The molecule has 0 aliphatic carbocycles. The van der Waals surface area contributed by atoms with Crippen molar-refractivity contribution in [3.05, 3.63) is 64.7 Å². The Labute approximate surface area is 146 Å². The van der Waals surface area contributed by atoms with Crippen molar-refractivity contribution in [3.63, 3.8) is 0 Å². The van der Waals surface area contributed by atoms with E-state index in [-0.39, 0.29) is 5.91 Å². The average Bonchev–Trinajstić information content (AvgIpc) is 2.73. The lowest BCUT2D eigenvalue weighted by Gasteiger charge is -2.12. The molecule has 2 aromatic carbocycles. The highest BCUT2D eigenvalue weighted by atomic mass is 35.5. The lowest BCUT2D eigenvalue weighted by molar-refractivity contribution is -0.117. The van der Waals surface area contributed by atoms with Gasteiger partial charge in [0.1, 0.15) is 0 Å². The predicted octanol–water partition coefficient (Wildman–Crippen LogP) is 3.85. The van der Waals surface area contributed by atoms with E-state index in [1.165, 1.54) is 0 Å². The molecule has 0 fully saturated rings. The third-order valence-corrected chi connectivity index (χ3v) is 4.15. The minimum atomic E-state index is -0.613. The first kappa shape index (κ1) is 16.7. The quantitative estimate of drug-likeness (QED) is 0.812. The van der Waals surface area contributed by atoms with Gasteiger partial charge in [0.2, 0.25) is 0 Å². The fraction of sp³-hybridized carbons (Fsp3) is 0.263. The van der Waals surface area contributed by atoms with Gasteiger partial charge in [-0.2, -0.15) is 0 Å². The summed E-state index contributed by atoms with van der Waals surface area (Å²) >= 11 is 6.17. The number of amides is 1. The van der Waals surface area contributed by atoms with Crippen molar-refractivity contribution in [2.75, 3.05) is 11.9 Å². The van der Waals surface area contributed by atoms with Gasteiger partial charge in [0.25, 0.3) is 5.91 Å². The van der Waals surface area contributed by atoms with E-state index in [9.17, 15) is 4.79 Å². The van der Waals surface area contributed by atoms with E-state index in [1.54, 1.807) is 6.07 Å². The van der Waals surface area contributed by atoms with Gasteiger partial charge >= 0.3 is 0 Å². The average molecular weight is 342 g/mol. The number of aliphatic imine (C=N–C) groups is 1. The van der Waals surface area contributed by atoms with Crippen LogP contribution in [0.5, 0.6) is 0 Å². The highest BCUT2D eigenvalue weighted by Gasteiger charge is 2.25. The van der Waals surface area contributed by atoms with Crippen LogP contribution in [0.2, 0.25) is 5.02 Å². The number of anilines is 1. The standard InChI is InChI=1S/C19H20ClN3O/c1-2-3-11-21-18-19(24)22-16-10-9-14(20)12-15(16)17(23-18)13-7-5-4-6-8-13/h4-10,12,18,21H,2-3,11H2,1H3,(H,22,24). The van der Waals surface area contributed by atoms with E-state index in [4.69, 9.17) is 16.6 Å². The van der Waals surface area contributed by atoms with Gasteiger partial charge in [0, 0.05) is 16.1 Å². The van der Waals surface area contributed by atoms with Crippen LogP contribution in [0.25, 0.3) is 0 Å². The third-order valence-electron chi connectivity index (χ3n) is 3.92. The Balaban J connectivity index is 2.06.